The van der Waals surface area contributed by atoms with Gasteiger partial charge >= 0.3 is 5.97 Å². The molecule has 7 heteroatoms. The summed E-state index contributed by atoms with van der Waals surface area (Å²) < 4.78 is 7.86. The molecule has 0 aliphatic carbocycles. The first kappa shape index (κ1) is 23.6. The number of nitriles is 1. The predicted octanol–water partition coefficient (Wildman–Crippen LogP) is 4.76. The summed E-state index contributed by atoms with van der Waals surface area (Å²) in [5, 5.41) is 24.4. The van der Waals surface area contributed by atoms with Crippen LogP contribution in [0.4, 0.5) is 5.69 Å². The van der Waals surface area contributed by atoms with Crippen molar-refractivity contribution in [2.45, 2.75) is 52.3 Å². The molecule has 5 rings (SSSR count). The van der Waals surface area contributed by atoms with E-state index in [1.807, 2.05) is 32.0 Å². The van der Waals surface area contributed by atoms with Crippen molar-refractivity contribution in [2.75, 3.05) is 18.6 Å². The lowest BCUT2D eigenvalue weighted by atomic mass is 9.91. The van der Waals surface area contributed by atoms with Crippen LogP contribution in [0.15, 0.2) is 30.3 Å². The molecular formula is C28H30N3O3P. The molecule has 3 aromatic rings. The molecule has 0 radical (unpaired) electrons. The molecule has 0 saturated carbocycles. The van der Waals surface area contributed by atoms with Crippen LogP contribution in [0.3, 0.4) is 0 Å². The van der Waals surface area contributed by atoms with E-state index >= 15 is 0 Å². The molecule has 2 aromatic carbocycles. The molecule has 0 saturated heterocycles. The number of carbonyl (C=O) groups excluding carboxylic acids is 1. The first-order valence-corrected chi connectivity index (χ1v) is 13.6. The molecule has 3 atom stereocenters. The van der Waals surface area contributed by atoms with Crippen LogP contribution in [0.1, 0.15) is 69.9 Å². The van der Waals surface area contributed by atoms with Gasteiger partial charge in [0, 0.05) is 29.1 Å². The number of anilines is 1. The Hall–Kier alpha value is -3.13. The lowest BCUT2D eigenvalue weighted by molar-refractivity contribution is 0.0525. The van der Waals surface area contributed by atoms with Gasteiger partial charge < -0.3 is 19.7 Å². The lowest BCUT2D eigenvalue weighted by Crippen LogP contribution is -2.18. The van der Waals surface area contributed by atoms with Gasteiger partial charge in [0.1, 0.15) is 0 Å². The fourth-order valence-corrected chi connectivity index (χ4v) is 6.49. The Labute approximate surface area is 207 Å². The highest BCUT2D eigenvalue weighted by molar-refractivity contribution is 7.46. The zero-order valence-electron chi connectivity index (χ0n) is 20.5. The third kappa shape index (κ3) is 3.84. The van der Waals surface area contributed by atoms with Gasteiger partial charge in [0.2, 0.25) is 0 Å². The zero-order valence-corrected chi connectivity index (χ0v) is 21.5. The SMILES string of the molecule is CCOC(=O)c1c(C2Cc3ccc(C#N)cc3N2)c(C)n2c1-c1cc(PC)c(C(C)O)cc1CC2. The number of nitrogens with one attached hydrogen (secondary N) is 1. The predicted molar refractivity (Wildman–Crippen MR) is 140 cm³/mol. The fourth-order valence-electron chi connectivity index (χ4n) is 5.63. The highest BCUT2D eigenvalue weighted by Gasteiger charge is 2.36. The Morgan fingerprint density at radius 1 is 1.34 bits per heavy atom. The van der Waals surface area contributed by atoms with E-state index in [9.17, 15) is 15.2 Å². The summed E-state index contributed by atoms with van der Waals surface area (Å²) >= 11 is 0. The Bertz CT molecular complexity index is 1380. The number of aromatic nitrogens is 1. The molecule has 0 bridgehead atoms. The van der Waals surface area contributed by atoms with E-state index in [4.69, 9.17) is 4.74 Å². The molecule has 3 heterocycles. The van der Waals surface area contributed by atoms with Gasteiger partial charge in [-0.2, -0.15) is 5.26 Å². The first-order chi connectivity index (χ1) is 16.9. The summed E-state index contributed by atoms with van der Waals surface area (Å²) in [6.07, 6.45) is 1.06. The van der Waals surface area contributed by atoms with E-state index in [0.717, 1.165) is 69.6 Å². The molecule has 6 nitrogen and oxygen atoms in total. The minimum atomic E-state index is -0.530. The Morgan fingerprint density at radius 3 is 2.83 bits per heavy atom. The summed E-state index contributed by atoms with van der Waals surface area (Å²) in [6.45, 7) is 8.93. The van der Waals surface area contributed by atoms with Crippen LogP contribution in [-0.2, 0) is 24.1 Å². The monoisotopic (exact) mass is 487 g/mol. The smallest absolute Gasteiger partial charge is 0.340 e. The van der Waals surface area contributed by atoms with Gasteiger partial charge in [-0.1, -0.05) is 20.7 Å². The number of aliphatic hydroxyl groups is 1. The number of ether oxygens (including phenoxy) is 1. The standard InChI is InChI=1S/C28H30N3O3P/c1-5-34-28(33)26-25(23-12-19-7-6-17(14-29)10-22(19)30-23)15(2)31-9-8-18-11-20(16(3)32)24(35-4)13-21(18)27(26)31/h6-7,10-11,13,16,23,30,32,35H,5,8-9,12H2,1-4H3. The van der Waals surface area contributed by atoms with E-state index in [0.29, 0.717) is 26.3 Å². The molecule has 35 heavy (non-hydrogen) atoms. The van der Waals surface area contributed by atoms with Gasteiger partial charge in [0.05, 0.1) is 41.6 Å². The van der Waals surface area contributed by atoms with Gasteiger partial charge in [0.25, 0.3) is 0 Å². The number of esters is 1. The number of hydrogen-bond donors (Lipinski definition) is 2. The van der Waals surface area contributed by atoms with Crippen molar-refractivity contribution in [1.82, 2.24) is 4.57 Å². The molecule has 0 spiro atoms. The summed E-state index contributed by atoms with van der Waals surface area (Å²) in [7, 11) is 0.534. The van der Waals surface area contributed by atoms with Gasteiger partial charge in [-0.25, -0.2) is 4.79 Å². The highest BCUT2D eigenvalue weighted by atomic mass is 31.1. The summed E-state index contributed by atoms with van der Waals surface area (Å²) in [4.78, 5) is 13.5. The second kappa shape index (κ2) is 9.15. The van der Waals surface area contributed by atoms with Crippen LogP contribution in [0.25, 0.3) is 11.3 Å². The number of carbonyl (C=O) groups is 1. The van der Waals surface area contributed by atoms with Gasteiger partial charge in [0.15, 0.2) is 0 Å². The molecule has 2 aliphatic heterocycles. The average molecular weight is 488 g/mol. The van der Waals surface area contributed by atoms with E-state index in [1.54, 1.807) is 0 Å². The Morgan fingerprint density at radius 2 is 2.14 bits per heavy atom. The maximum Gasteiger partial charge on any atom is 0.340 e. The van der Waals surface area contributed by atoms with Crippen LogP contribution in [0.2, 0.25) is 0 Å². The van der Waals surface area contributed by atoms with E-state index < -0.39 is 6.10 Å². The summed E-state index contributed by atoms with van der Waals surface area (Å²) in [5.41, 5.74) is 9.49. The molecule has 0 fully saturated rings. The number of hydrogen-bond acceptors (Lipinski definition) is 5. The second-order valence-corrected chi connectivity index (χ2v) is 10.3. The van der Waals surface area contributed by atoms with Crippen LogP contribution >= 0.6 is 8.58 Å². The van der Waals surface area contributed by atoms with Crippen LogP contribution in [0.5, 0.6) is 0 Å². The Balaban J connectivity index is 1.70. The molecule has 2 N–H and O–H groups in total. The molecule has 1 aromatic heterocycles. The second-order valence-electron chi connectivity index (χ2n) is 9.25. The highest BCUT2D eigenvalue weighted by Crippen LogP contribution is 2.44. The molecular weight excluding hydrogens is 457 g/mol. The number of nitrogens with zero attached hydrogens (tertiary/aromatic N) is 2. The summed E-state index contributed by atoms with van der Waals surface area (Å²) in [5.74, 6) is -0.303. The quantitative estimate of drug-likeness (QED) is 0.400. The van der Waals surface area contributed by atoms with Crippen molar-refractivity contribution in [3.63, 3.8) is 0 Å². The van der Waals surface area contributed by atoms with Crippen LogP contribution < -0.4 is 10.6 Å². The normalized spacial score (nSPS) is 16.9. The molecule has 180 valence electrons. The van der Waals surface area contributed by atoms with Crippen molar-refractivity contribution in [3.8, 4) is 17.3 Å². The maximum absolute atomic E-state index is 13.5. The fraction of sp³-hybridized carbons (Fsp3) is 0.357. The number of rotatable bonds is 5. The van der Waals surface area contributed by atoms with Crippen molar-refractivity contribution >= 4 is 25.5 Å². The van der Waals surface area contributed by atoms with Crippen molar-refractivity contribution in [3.05, 3.63) is 69.4 Å². The first-order valence-electron chi connectivity index (χ1n) is 12.1. The van der Waals surface area contributed by atoms with Crippen LogP contribution in [-0.4, -0.2) is 28.9 Å². The molecule has 0 amide bonds. The maximum atomic E-state index is 13.5. The van der Waals surface area contributed by atoms with E-state index in [-0.39, 0.29) is 12.0 Å². The van der Waals surface area contributed by atoms with E-state index in [1.165, 1.54) is 0 Å². The van der Waals surface area contributed by atoms with E-state index in [2.05, 4.69) is 41.7 Å². The summed E-state index contributed by atoms with van der Waals surface area (Å²) in [6, 6.07) is 12.1. The topological polar surface area (TPSA) is 87.3 Å². The van der Waals surface area contributed by atoms with Gasteiger partial charge in [-0.3, -0.25) is 0 Å². The van der Waals surface area contributed by atoms with Crippen molar-refractivity contribution < 1.29 is 14.6 Å². The minimum absolute atomic E-state index is 0.0795. The van der Waals surface area contributed by atoms with Gasteiger partial charge in [-0.05, 0) is 80.5 Å². The number of benzene rings is 2. The lowest BCUT2D eigenvalue weighted by Gasteiger charge is -2.24. The van der Waals surface area contributed by atoms with Crippen LogP contribution in [0, 0.1) is 18.3 Å². The zero-order chi connectivity index (χ0) is 24.9. The molecule has 3 unspecified atom stereocenters. The largest absolute Gasteiger partial charge is 0.462 e. The van der Waals surface area contributed by atoms with Crippen molar-refractivity contribution in [1.29, 1.82) is 5.26 Å². The third-order valence-electron chi connectivity index (χ3n) is 7.25. The number of aryl methyl sites for hydroxylation is 1. The van der Waals surface area contributed by atoms with Crippen molar-refractivity contribution in [2.24, 2.45) is 0 Å². The molecule has 2 aliphatic rings. The van der Waals surface area contributed by atoms with Gasteiger partial charge in [-0.15, -0.1) is 0 Å². The average Bonchev–Trinajstić information content (AvgIpc) is 3.40. The number of aliphatic hydroxyl groups excluding tert-OH is 1. The Kier molecular flexibility index (Phi) is 6.17. The number of fused-ring (bicyclic) bond motifs is 4. The third-order valence-corrected chi connectivity index (χ3v) is 8.22. The minimum Gasteiger partial charge on any atom is -0.462 e.